The molecular formula is C18H32Cl2O3. The van der Waals surface area contributed by atoms with E-state index in [1.165, 1.54) is 25.7 Å². The molecule has 2 atom stereocenters. The molecule has 0 aliphatic heterocycles. The third-order valence-corrected chi connectivity index (χ3v) is 4.63. The Labute approximate surface area is 151 Å². The molecule has 0 rings (SSSR count). The fraction of sp³-hybridized carbons (Fsp3) is 0.889. The Morgan fingerprint density at radius 2 is 1.04 bits per heavy atom. The molecule has 0 bridgehead atoms. The fourth-order valence-corrected chi connectivity index (χ4v) is 2.71. The maximum Gasteiger partial charge on any atom is 0.331 e. The van der Waals surface area contributed by atoms with E-state index < -0.39 is 22.7 Å². The minimum absolute atomic E-state index is 0.543. The molecule has 3 nitrogen and oxygen atoms in total. The Kier molecular flexibility index (Phi) is 15.1. The summed E-state index contributed by atoms with van der Waals surface area (Å²) in [6.45, 7) is 4.30. The maximum absolute atomic E-state index is 11.8. The van der Waals surface area contributed by atoms with Crippen molar-refractivity contribution < 1.29 is 14.3 Å². The second-order valence-corrected chi connectivity index (χ2v) is 7.13. The van der Waals surface area contributed by atoms with Crippen molar-refractivity contribution in [3.05, 3.63) is 0 Å². The van der Waals surface area contributed by atoms with Gasteiger partial charge < -0.3 is 4.74 Å². The second kappa shape index (κ2) is 15.3. The highest BCUT2D eigenvalue weighted by molar-refractivity contribution is 6.33. The van der Waals surface area contributed by atoms with E-state index in [0.29, 0.717) is 12.8 Å². The lowest BCUT2D eigenvalue weighted by Crippen LogP contribution is -2.26. The summed E-state index contributed by atoms with van der Waals surface area (Å²) in [7, 11) is 0. The predicted molar refractivity (Wildman–Crippen MR) is 97.1 cm³/mol. The minimum atomic E-state index is -0.756. The first kappa shape index (κ1) is 22.7. The summed E-state index contributed by atoms with van der Waals surface area (Å²) in [5.74, 6) is -1.33. The summed E-state index contributed by atoms with van der Waals surface area (Å²) in [4.78, 5) is 23.5. The predicted octanol–water partition coefficient (Wildman–Crippen LogP) is 5.99. The lowest BCUT2D eigenvalue weighted by molar-refractivity contribution is -0.159. The van der Waals surface area contributed by atoms with E-state index in [2.05, 4.69) is 13.8 Å². The van der Waals surface area contributed by atoms with Crippen LogP contribution in [0, 0.1) is 0 Å². The Morgan fingerprint density at radius 3 is 1.39 bits per heavy atom. The third-order valence-electron chi connectivity index (χ3n) is 3.83. The van der Waals surface area contributed by atoms with Crippen LogP contribution in [0.5, 0.6) is 0 Å². The van der Waals surface area contributed by atoms with E-state index in [1.54, 1.807) is 0 Å². The topological polar surface area (TPSA) is 43.4 Å². The van der Waals surface area contributed by atoms with Gasteiger partial charge in [-0.2, -0.15) is 0 Å². The lowest BCUT2D eigenvalue weighted by atomic mass is 10.1. The van der Waals surface area contributed by atoms with Gasteiger partial charge in [0.05, 0.1) is 0 Å². The van der Waals surface area contributed by atoms with E-state index in [0.717, 1.165) is 38.5 Å². The number of alkyl halides is 2. The number of ether oxygens (including phenoxy) is 1. The molecule has 0 aromatic rings. The van der Waals surface area contributed by atoms with Crippen molar-refractivity contribution in [2.75, 3.05) is 0 Å². The molecule has 0 saturated carbocycles. The summed E-state index contributed by atoms with van der Waals surface area (Å²) in [6.07, 6.45) is 12.0. The maximum atomic E-state index is 11.8. The smallest absolute Gasteiger partial charge is 0.331 e. The normalized spacial score (nSPS) is 13.6. The highest BCUT2D eigenvalue weighted by Gasteiger charge is 2.24. The van der Waals surface area contributed by atoms with Gasteiger partial charge in [-0.15, -0.1) is 23.2 Å². The SMILES string of the molecule is CCCCCCCC(Cl)C(=O)OC(=O)C(Cl)CCCCCCC. The quantitative estimate of drug-likeness (QED) is 0.164. The Hall–Kier alpha value is -0.280. The molecule has 0 fully saturated rings. The molecule has 136 valence electrons. The average Bonchev–Trinajstić information content (AvgIpc) is 2.53. The number of hydrogen-bond acceptors (Lipinski definition) is 3. The fourth-order valence-electron chi connectivity index (χ4n) is 2.32. The van der Waals surface area contributed by atoms with Crippen LogP contribution in [0.3, 0.4) is 0 Å². The molecule has 0 aromatic heterocycles. The molecule has 0 aliphatic rings. The first-order valence-corrected chi connectivity index (χ1v) is 9.93. The van der Waals surface area contributed by atoms with Crippen LogP contribution < -0.4 is 0 Å². The van der Waals surface area contributed by atoms with Crippen LogP contribution in [-0.4, -0.2) is 22.7 Å². The van der Waals surface area contributed by atoms with Crippen molar-refractivity contribution in [3.63, 3.8) is 0 Å². The highest BCUT2D eigenvalue weighted by atomic mass is 35.5. The molecule has 5 heteroatoms. The van der Waals surface area contributed by atoms with Crippen LogP contribution in [-0.2, 0) is 14.3 Å². The molecule has 0 spiro atoms. The average molecular weight is 367 g/mol. The zero-order chi connectivity index (χ0) is 17.5. The third kappa shape index (κ3) is 12.8. The summed E-state index contributed by atoms with van der Waals surface area (Å²) in [5.41, 5.74) is 0. The van der Waals surface area contributed by atoms with Gasteiger partial charge in [0.15, 0.2) is 0 Å². The molecule has 0 saturated heterocycles. The number of esters is 2. The molecular weight excluding hydrogens is 335 g/mol. The van der Waals surface area contributed by atoms with Gasteiger partial charge in [-0.05, 0) is 12.8 Å². The number of halogens is 2. The summed E-state index contributed by atoms with van der Waals surface area (Å²) in [5, 5.41) is -1.51. The standard InChI is InChI=1S/C18H32Cl2O3/c1-3-5-7-9-11-13-15(19)17(21)23-18(22)16(20)14-12-10-8-6-4-2/h15-16H,3-14H2,1-2H3. The number of unbranched alkanes of at least 4 members (excludes halogenated alkanes) is 8. The molecule has 0 N–H and O–H groups in total. The van der Waals surface area contributed by atoms with Gasteiger partial charge in [-0.1, -0.05) is 78.1 Å². The number of rotatable bonds is 14. The summed E-state index contributed by atoms with van der Waals surface area (Å²) >= 11 is 12.0. The van der Waals surface area contributed by atoms with Gasteiger partial charge >= 0.3 is 11.9 Å². The van der Waals surface area contributed by atoms with Crippen molar-refractivity contribution in [3.8, 4) is 0 Å². The minimum Gasteiger partial charge on any atom is -0.391 e. The van der Waals surface area contributed by atoms with Crippen molar-refractivity contribution in [2.45, 2.75) is 102 Å². The van der Waals surface area contributed by atoms with Crippen molar-refractivity contribution in [2.24, 2.45) is 0 Å². The lowest BCUT2D eigenvalue weighted by Gasteiger charge is -2.11. The zero-order valence-electron chi connectivity index (χ0n) is 14.6. The Morgan fingerprint density at radius 1 is 0.696 bits per heavy atom. The van der Waals surface area contributed by atoms with E-state index in [9.17, 15) is 9.59 Å². The van der Waals surface area contributed by atoms with Crippen molar-refractivity contribution in [1.82, 2.24) is 0 Å². The summed E-state index contributed by atoms with van der Waals surface area (Å²) < 4.78 is 4.79. The molecule has 0 radical (unpaired) electrons. The van der Waals surface area contributed by atoms with Gasteiger partial charge in [0.25, 0.3) is 0 Å². The van der Waals surface area contributed by atoms with Crippen LogP contribution in [0.25, 0.3) is 0 Å². The van der Waals surface area contributed by atoms with Crippen molar-refractivity contribution >= 4 is 35.1 Å². The molecule has 23 heavy (non-hydrogen) atoms. The molecule has 0 aromatic carbocycles. The number of carbonyl (C=O) groups excluding carboxylic acids is 2. The summed E-state index contributed by atoms with van der Waals surface area (Å²) in [6, 6.07) is 0. The van der Waals surface area contributed by atoms with Crippen LogP contribution in [0.2, 0.25) is 0 Å². The van der Waals surface area contributed by atoms with E-state index in [4.69, 9.17) is 27.9 Å². The van der Waals surface area contributed by atoms with Crippen LogP contribution in [0.15, 0.2) is 0 Å². The largest absolute Gasteiger partial charge is 0.391 e. The number of carbonyl (C=O) groups is 2. The molecule has 0 aliphatic carbocycles. The Balaban J connectivity index is 3.82. The van der Waals surface area contributed by atoms with E-state index in [-0.39, 0.29) is 0 Å². The zero-order valence-corrected chi connectivity index (χ0v) is 16.1. The van der Waals surface area contributed by atoms with E-state index >= 15 is 0 Å². The Bertz CT molecular complexity index is 291. The molecule has 0 heterocycles. The number of hydrogen-bond donors (Lipinski definition) is 0. The van der Waals surface area contributed by atoms with Crippen LogP contribution in [0.1, 0.15) is 90.9 Å². The van der Waals surface area contributed by atoms with Crippen molar-refractivity contribution in [1.29, 1.82) is 0 Å². The van der Waals surface area contributed by atoms with Crippen LogP contribution in [0.4, 0.5) is 0 Å². The molecule has 2 unspecified atom stereocenters. The van der Waals surface area contributed by atoms with Gasteiger partial charge in [-0.25, -0.2) is 9.59 Å². The first-order valence-electron chi connectivity index (χ1n) is 9.06. The van der Waals surface area contributed by atoms with E-state index in [1.807, 2.05) is 0 Å². The van der Waals surface area contributed by atoms with Crippen LogP contribution >= 0.6 is 23.2 Å². The second-order valence-electron chi connectivity index (χ2n) is 6.08. The molecule has 0 amide bonds. The van der Waals surface area contributed by atoms with Gasteiger partial charge in [0, 0.05) is 0 Å². The monoisotopic (exact) mass is 366 g/mol. The van der Waals surface area contributed by atoms with Gasteiger partial charge in [0.2, 0.25) is 0 Å². The first-order chi connectivity index (χ1) is 11.0. The van der Waals surface area contributed by atoms with Gasteiger partial charge in [0.1, 0.15) is 10.8 Å². The highest BCUT2D eigenvalue weighted by Crippen LogP contribution is 2.16. The van der Waals surface area contributed by atoms with Gasteiger partial charge in [-0.3, -0.25) is 0 Å².